The van der Waals surface area contributed by atoms with E-state index >= 15 is 0 Å². The van der Waals surface area contributed by atoms with Crippen LogP contribution >= 0.6 is 0 Å². The van der Waals surface area contributed by atoms with Gasteiger partial charge in [-0.2, -0.15) is 5.10 Å². The Hall–Kier alpha value is -2.14. The van der Waals surface area contributed by atoms with Crippen molar-refractivity contribution >= 4 is 5.91 Å². The number of likely N-dealkylation sites (N-methyl/N-ethyl adjacent to an activating group) is 1. The molecule has 0 bridgehead atoms. The van der Waals surface area contributed by atoms with E-state index in [2.05, 4.69) is 59.2 Å². The second kappa shape index (κ2) is 8.48. The van der Waals surface area contributed by atoms with Crippen molar-refractivity contribution < 1.29 is 4.79 Å². The van der Waals surface area contributed by atoms with Crippen LogP contribution in [0.15, 0.2) is 48.8 Å². The lowest BCUT2D eigenvalue weighted by atomic mass is 9.87. The van der Waals surface area contributed by atoms with E-state index in [4.69, 9.17) is 0 Å². The summed E-state index contributed by atoms with van der Waals surface area (Å²) < 4.78 is 1.89. The van der Waals surface area contributed by atoms with Gasteiger partial charge in [0.25, 0.3) is 0 Å². The average molecular weight is 381 g/mol. The molecule has 0 spiro atoms. The minimum absolute atomic E-state index is 0.0861. The highest BCUT2D eigenvalue weighted by Gasteiger charge is 2.46. The molecule has 1 aromatic heterocycles. The number of benzene rings is 1. The van der Waals surface area contributed by atoms with Gasteiger partial charge in [0.1, 0.15) is 0 Å². The Bertz CT molecular complexity index is 760. The molecule has 2 aliphatic heterocycles. The van der Waals surface area contributed by atoms with Gasteiger partial charge in [0.15, 0.2) is 0 Å². The number of hydrogen-bond acceptors (Lipinski definition) is 3. The zero-order valence-corrected chi connectivity index (χ0v) is 17.1. The number of carbonyl (C=O) groups is 1. The highest BCUT2D eigenvalue weighted by atomic mass is 16.2. The minimum atomic E-state index is 0.0861. The summed E-state index contributed by atoms with van der Waals surface area (Å²) in [6, 6.07) is 13.5. The van der Waals surface area contributed by atoms with Crippen molar-refractivity contribution in [3.05, 3.63) is 54.4 Å². The monoisotopic (exact) mass is 380 g/mol. The van der Waals surface area contributed by atoms with E-state index in [9.17, 15) is 4.79 Å². The van der Waals surface area contributed by atoms with Crippen molar-refractivity contribution in [2.45, 2.75) is 63.1 Å². The lowest BCUT2D eigenvalue weighted by molar-refractivity contribution is -0.133. The van der Waals surface area contributed by atoms with Crippen LogP contribution in [0.5, 0.6) is 0 Å². The van der Waals surface area contributed by atoms with Gasteiger partial charge in [-0.3, -0.25) is 9.48 Å². The zero-order chi connectivity index (χ0) is 19.5. The van der Waals surface area contributed by atoms with E-state index in [1.54, 1.807) is 6.20 Å². The lowest BCUT2D eigenvalue weighted by Crippen LogP contribution is -2.48. The largest absolute Gasteiger partial charge is 0.337 e. The van der Waals surface area contributed by atoms with Gasteiger partial charge >= 0.3 is 0 Å². The summed E-state index contributed by atoms with van der Waals surface area (Å²) in [6.07, 6.45) is 9.08. The molecule has 4 atom stereocenters. The predicted molar refractivity (Wildman–Crippen MR) is 111 cm³/mol. The molecule has 0 aliphatic carbocycles. The molecule has 5 nitrogen and oxygen atoms in total. The maximum Gasteiger partial charge on any atom is 0.225 e. The van der Waals surface area contributed by atoms with Crippen LogP contribution in [0.4, 0.5) is 0 Å². The summed E-state index contributed by atoms with van der Waals surface area (Å²) in [5.41, 5.74) is 1.36. The fourth-order valence-electron chi connectivity index (χ4n) is 5.17. The van der Waals surface area contributed by atoms with Gasteiger partial charge in [0.2, 0.25) is 5.91 Å². The molecule has 0 N–H and O–H groups in total. The summed E-state index contributed by atoms with van der Waals surface area (Å²) in [6.45, 7) is 4.03. The molecule has 0 saturated carbocycles. The molecule has 28 heavy (non-hydrogen) atoms. The Morgan fingerprint density at radius 3 is 2.75 bits per heavy atom. The number of hydrogen-bond donors (Lipinski definition) is 0. The standard InChI is InChI=1S/C23H32N4O/c1-18(27-15-9-13-24-27)16-22(28)26-17-20(19-10-5-3-6-11-19)23-21(26)12-7-4-8-14-25(23)2/h3,5-6,9-11,13,15,18,20-21,23H,4,7-8,12,14,16-17H2,1-2H3/t18-,20+,21-,23+/m1/s1. The highest BCUT2D eigenvalue weighted by molar-refractivity contribution is 5.77. The average Bonchev–Trinajstić information content (AvgIpc) is 3.35. The fourth-order valence-corrected chi connectivity index (χ4v) is 5.17. The molecule has 1 aromatic carbocycles. The van der Waals surface area contributed by atoms with E-state index in [1.807, 2.05) is 16.9 Å². The first kappa shape index (κ1) is 19.2. The Kier molecular flexibility index (Phi) is 5.81. The SMILES string of the molecule is C[C@H](CC(=O)N1C[C@@H](c2ccccc2)[C@H]2[C@H]1CCCCCN2C)n1cccn1. The van der Waals surface area contributed by atoms with Gasteiger partial charge in [-0.1, -0.05) is 43.2 Å². The molecule has 4 rings (SSSR count). The fraction of sp³-hybridized carbons (Fsp3) is 0.565. The molecule has 2 fully saturated rings. The van der Waals surface area contributed by atoms with Gasteiger partial charge in [-0.05, 0) is 45.0 Å². The third kappa shape index (κ3) is 3.86. The molecule has 3 heterocycles. The third-order valence-corrected chi connectivity index (χ3v) is 6.61. The molecule has 150 valence electrons. The second-order valence-electron chi connectivity index (χ2n) is 8.49. The van der Waals surface area contributed by atoms with Crippen molar-refractivity contribution in [2.24, 2.45) is 0 Å². The Morgan fingerprint density at radius 2 is 2.00 bits per heavy atom. The lowest BCUT2D eigenvalue weighted by Gasteiger charge is -2.37. The number of carbonyl (C=O) groups excluding carboxylic acids is 1. The van der Waals surface area contributed by atoms with Crippen LogP contribution in [0.1, 0.15) is 56.6 Å². The van der Waals surface area contributed by atoms with E-state index < -0.39 is 0 Å². The first-order valence-electron chi connectivity index (χ1n) is 10.7. The van der Waals surface area contributed by atoms with Crippen LogP contribution in [0.25, 0.3) is 0 Å². The number of aromatic nitrogens is 2. The topological polar surface area (TPSA) is 41.4 Å². The maximum atomic E-state index is 13.4. The van der Waals surface area contributed by atoms with Gasteiger partial charge in [0.05, 0.1) is 6.04 Å². The first-order chi connectivity index (χ1) is 13.6. The zero-order valence-electron chi connectivity index (χ0n) is 17.1. The van der Waals surface area contributed by atoms with Crippen LogP contribution in [-0.4, -0.2) is 57.7 Å². The molecule has 1 amide bonds. The van der Waals surface area contributed by atoms with Gasteiger partial charge in [-0.15, -0.1) is 0 Å². The number of nitrogens with zero attached hydrogens (tertiary/aromatic N) is 4. The van der Waals surface area contributed by atoms with Crippen molar-refractivity contribution in [3.8, 4) is 0 Å². The second-order valence-corrected chi connectivity index (χ2v) is 8.49. The maximum absolute atomic E-state index is 13.4. The molecular formula is C23H32N4O. The summed E-state index contributed by atoms with van der Waals surface area (Å²) >= 11 is 0. The molecule has 2 aliphatic rings. The van der Waals surface area contributed by atoms with Crippen LogP contribution in [-0.2, 0) is 4.79 Å². The van der Waals surface area contributed by atoms with Crippen molar-refractivity contribution in [2.75, 3.05) is 20.1 Å². The smallest absolute Gasteiger partial charge is 0.225 e. The van der Waals surface area contributed by atoms with Crippen LogP contribution in [0.3, 0.4) is 0 Å². The van der Waals surface area contributed by atoms with Crippen LogP contribution < -0.4 is 0 Å². The van der Waals surface area contributed by atoms with Crippen LogP contribution in [0, 0.1) is 0 Å². The Morgan fingerprint density at radius 1 is 1.18 bits per heavy atom. The van der Waals surface area contributed by atoms with E-state index in [0.717, 1.165) is 19.5 Å². The summed E-state index contributed by atoms with van der Waals surface area (Å²) in [5.74, 6) is 0.656. The Balaban J connectivity index is 1.58. The van der Waals surface area contributed by atoms with E-state index in [1.165, 1.54) is 24.8 Å². The third-order valence-electron chi connectivity index (χ3n) is 6.61. The first-order valence-corrected chi connectivity index (χ1v) is 10.7. The summed E-state index contributed by atoms with van der Waals surface area (Å²) in [5, 5.41) is 4.32. The highest BCUT2D eigenvalue weighted by Crippen LogP contribution is 2.39. The number of rotatable bonds is 4. The summed E-state index contributed by atoms with van der Waals surface area (Å²) in [4.78, 5) is 18.1. The molecule has 0 radical (unpaired) electrons. The predicted octanol–water partition coefficient (Wildman–Crippen LogP) is 3.70. The van der Waals surface area contributed by atoms with Crippen LogP contribution in [0.2, 0.25) is 0 Å². The quantitative estimate of drug-likeness (QED) is 0.812. The Labute approximate surface area is 168 Å². The molecule has 2 aromatic rings. The number of fused-ring (bicyclic) bond motifs is 1. The number of likely N-dealkylation sites (tertiary alicyclic amines) is 2. The minimum Gasteiger partial charge on any atom is -0.337 e. The van der Waals surface area contributed by atoms with Gasteiger partial charge in [-0.25, -0.2) is 0 Å². The van der Waals surface area contributed by atoms with Gasteiger partial charge < -0.3 is 9.80 Å². The molecule has 2 saturated heterocycles. The molecule has 5 heteroatoms. The summed E-state index contributed by atoms with van der Waals surface area (Å²) in [7, 11) is 2.25. The normalized spacial score (nSPS) is 27.1. The van der Waals surface area contributed by atoms with Crippen molar-refractivity contribution in [1.29, 1.82) is 0 Å². The van der Waals surface area contributed by atoms with E-state index in [0.29, 0.717) is 24.4 Å². The van der Waals surface area contributed by atoms with Crippen molar-refractivity contribution in [1.82, 2.24) is 19.6 Å². The molecule has 0 unspecified atom stereocenters. The van der Waals surface area contributed by atoms with Gasteiger partial charge in [0, 0.05) is 43.4 Å². The molecular weight excluding hydrogens is 348 g/mol. The van der Waals surface area contributed by atoms with Crippen molar-refractivity contribution in [3.63, 3.8) is 0 Å². The number of amides is 1. The van der Waals surface area contributed by atoms with E-state index in [-0.39, 0.29) is 11.9 Å².